The molecule has 28 heavy (non-hydrogen) atoms. The summed E-state index contributed by atoms with van der Waals surface area (Å²) in [5.41, 5.74) is 2.32. The summed E-state index contributed by atoms with van der Waals surface area (Å²) in [6, 6.07) is 4.17. The fourth-order valence-electron chi connectivity index (χ4n) is 3.24. The average molecular weight is 499 g/mol. The van der Waals surface area contributed by atoms with Gasteiger partial charge in [-0.15, -0.1) is 24.0 Å². The third kappa shape index (κ3) is 6.06. The van der Waals surface area contributed by atoms with Gasteiger partial charge in [0.15, 0.2) is 5.96 Å². The molecule has 0 aromatic carbocycles. The molecule has 3 rings (SSSR count). The molecule has 0 saturated carbocycles. The van der Waals surface area contributed by atoms with Crippen LogP contribution in [0.2, 0.25) is 0 Å². The number of hydrogen-bond acceptors (Lipinski definition) is 5. The number of aliphatic imine (C=N–C) groups is 1. The maximum Gasteiger partial charge on any atom is 0.193 e. The Balaban J connectivity index is 0.00000280. The van der Waals surface area contributed by atoms with Gasteiger partial charge in [-0.25, -0.2) is 4.98 Å². The largest absolute Gasteiger partial charge is 0.375 e. The lowest BCUT2D eigenvalue weighted by molar-refractivity contribution is 0.0529. The second-order valence-electron chi connectivity index (χ2n) is 6.93. The number of ether oxygens (including phenoxy) is 1. The van der Waals surface area contributed by atoms with Gasteiger partial charge in [0.2, 0.25) is 0 Å². The fourth-order valence-corrected chi connectivity index (χ4v) is 3.24. The van der Waals surface area contributed by atoms with E-state index < -0.39 is 0 Å². The van der Waals surface area contributed by atoms with E-state index in [1.165, 1.54) is 5.56 Å². The monoisotopic (exact) mass is 499 g/mol. The maximum atomic E-state index is 5.62. The van der Waals surface area contributed by atoms with Gasteiger partial charge in [0, 0.05) is 65.3 Å². The minimum atomic E-state index is 0. The minimum Gasteiger partial charge on any atom is -0.375 e. The zero-order valence-electron chi connectivity index (χ0n) is 17.0. The Hall–Kier alpha value is -1.88. The van der Waals surface area contributed by atoms with E-state index in [4.69, 9.17) is 4.74 Å². The number of nitrogens with zero attached hydrogens (tertiary/aromatic N) is 6. The molecule has 2 aromatic heterocycles. The summed E-state index contributed by atoms with van der Waals surface area (Å²) in [6.45, 7) is 6.04. The highest BCUT2D eigenvalue weighted by Crippen LogP contribution is 2.16. The first-order valence-electron chi connectivity index (χ1n) is 9.26. The molecular formula is C19H30IN7O. The molecule has 1 unspecified atom stereocenters. The Morgan fingerprint density at radius 1 is 1.43 bits per heavy atom. The molecule has 0 amide bonds. The zero-order chi connectivity index (χ0) is 19.2. The highest BCUT2D eigenvalue weighted by atomic mass is 127. The highest BCUT2D eigenvalue weighted by Gasteiger charge is 2.18. The molecule has 0 bridgehead atoms. The molecule has 1 atom stereocenters. The van der Waals surface area contributed by atoms with Crippen LogP contribution in [0.25, 0.3) is 0 Å². The molecule has 0 aliphatic carbocycles. The third-order valence-electron chi connectivity index (χ3n) is 4.58. The Kier molecular flexibility index (Phi) is 8.49. The second-order valence-corrected chi connectivity index (χ2v) is 6.93. The Labute approximate surface area is 184 Å². The van der Waals surface area contributed by atoms with Crippen LogP contribution in [0.3, 0.4) is 0 Å². The van der Waals surface area contributed by atoms with E-state index in [0.29, 0.717) is 6.54 Å². The van der Waals surface area contributed by atoms with Crippen molar-refractivity contribution in [3.8, 4) is 0 Å². The number of anilines is 1. The van der Waals surface area contributed by atoms with Gasteiger partial charge >= 0.3 is 0 Å². The van der Waals surface area contributed by atoms with Gasteiger partial charge in [-0.3, -0.25) is 9.67 Å². The van der Waals surface area contributed by atoms with Gasteiger partial charge in [0.1, 0.15) is 5.82 Å². The van der Waals surface area contributed by atoms with Crippen molar-refractivity contribution >= 4 is 35.8 Å². The zero-order valence-corrected chi connectivity index (χ0v) is 19.3. The molecule has 9 heteroatoms. The number of guanidine groups is 1. The number of rotatable bonds is 5. The molecule has 3 heterocycles. The molecule has 1 aliphatic rings. The Bertz CT molecular complexity index is 779. The first-order valence-corrected chi connectivity index (χ1v) is 9.26. The fraction of sp³-hybridized carbons (Fsp3) is 0.526. The van der Waals surface area contributed by atoms with Crippen LogP contribution >= 0.6 is 24.0 Å². The maximum absolute atomic E-state index is 5.62. The molecule has 0 spiro atoms. The number of aryl methyl sites for hydroxylation is 1. The molecule has 2 aromatic rings. The third-order valence-corrected chi connectivity index (χ3v) is 4.58. The van der Waals surface area contributed by atoms with Crippen LogP contribution in [0.4, 0.5) is 5.82 Å². The van der Waals surface area contributed by atoms with Crippen molar-refractivity contribution in [3.05, 3.63) is 41.9 Å². The lowest BCUT2D eigenvalue weighted by atomic mass is 10.2. The van der Waals surface area contributed by atoms with Gasteiger partial charge in [-0.05, 0) is 24.6 Å². The van der Waals surface area contributed by atoms with E-state index in [0.717, 1.165) is 43.6 Å². The molecular weight excluding hydrogens is 469 g/mol. The number of halogens is 1. The van der Waals surface area contributed by atoms with E-state index in [9.17, 15) is 0 Å². The minimum absolute atomic E-state index is 0. The lowest BCUT2D eigenvalue weighted by Gasteiger charge is -2.32. The summed E-state index contributed by atoms with van der Waals surface area (Å²) in [5.74, 6) is 1.85. The quantitative estimate of drug-likeness (QED) is 0.385. The molecule has 8 nitrogen and oxygen atoms in total. The number of aromatic nitrogens is 3. The average Bonchev–Trinajstić information content (AvgIpc) is 3.07. The van der Waals surface area contributed by atoms with Crippen molar-refractivity contribution in [3.63, 3.8) is 0 Å². The molecule has 1 saturated heterocycles. The predicted molar refractivity (Wildman–Crippen MR) is 122 cm³/mol. The summed E-state index contributed by atoms with van der Waals surface area (Å²) in [6.07, 6.45) is 6.00. The van der Waals surface area contributed by atoms with Gasteiger partial charge in [0.25, 0.3) is 0 Å². The summed E-state index contributed by atoms with van der Waals surface area (Å²) >= 11 is 0. The van der Waals surface area contributed by atoms with Crippen molar-refractivity contribution in [1.82, 2.24) is 25.0 Å². The topological polar surface area (TPSA) is 70.8 Å². The first-order chi connectivity index (χ1) is 13.0. The van der Waals surface area contributed by atoms with Gasteiger partial charge < -0.3 is 19.9 Å². The molecule has 1 aliphatic heterocycles. The van der Waals surface area contributed by atoms with Crippen LogP contribution in [0, 0.1) is 0 Å². The van der Waals surface area contributed by atoms with Crippen molar-refractivity contribution < 1.29 is 4.74 Å². The van der Waals surface area contributed by atoms with Crippen LogP contribution in [-0.2, 0) is 24.9 Å². The van der Waals surface area contributed by atoms with E-state index in [2.05, 4.69) is 43.2 Å². The van der Waals surface area contributed by atoms with Crippen molar-refractivity contribution in [2.24, 2.45) is 12.0 Å². The Morgan fingerprint density at radius 3 is 2.93 bits per heavy atom. The van der Waals surface area contributed by atoms with Gasteiger partial charge in [-0.1, -0.05) is 0 Å². The highest BCUT2D eigenvalue weighted by molar-refractivity contribution is 14.0. The van der Waals surface area contributed by atoms with Crippen LogP contribution in [0.15, 0.2) is 35.7 Å². The van der Waals surface area contributed by atoms with Crippen molar-refractivity contribution in [2.45, 2.75) is 26.1 Å². The summed E-state index contributed by atoms with van der Waals surface area (Å²) in [7, 11) is 5.75. The van der Waals surface area contributed by atoms with Crippen molar-refractivity contribution in [2.75, 3.05) is 38.7 Å². The van der Waals surface area contributed by atoms with E-state index in [1.807, 2.05) is 43.4 Å². The smallest absolute Gasteiger partial charge is 0.193 e. The van der Waals surface area contributed by atoms with Crippen LogP contribution in [0.5, 0.6) is 0 Å². The second kappa shape index (κ2) is 10.6. The molecule has 154 valence electrons. The van der Waals surface area contributed by atoms with Crippen LogP contribution in [-0.4, -0.2) is 65.5 Å². The van der Waals surface area contributed by atoms with E-state index in [-0.39, 0.29) is 30.1 Å². The van der Waals surface area contributed by atoms with Gasteiger partial charge in [0.05, 0.1) is 18.9 Å². The number of nitrogens with one attached hydrogen (secondary N) is 1. The number of hydrogen-bond donors (Lipinski definition) is 1. The van der Waals surface area contributed by atoms with Crippen LogP contribution < -0.4 is 10.2 Å². The molecule has 0 radical (unpaired) electrons. The Morgan fingerprint density at radius 2 is 2.25 bits per heavy atom. The van der Waals surface area contributed by atoms with Crippen LogP contribution in [0.1, 0.15) is 18.1 Å². The summed E-state index contributed by atoms with van der Waals surface area (Å²) in [4.78, 5) is 13.3. The van der Waals surface area contributed by atoms with Crippen molar-refractivity contribution in [1.29, 1.82) is 0 Å². The SMILES string of the molecule is CN=C(NCc1ccnc(N2CCOC(C)C2)c1)N(C)Cc1cnn(C)c1.I. The van der Waals surface area contributed by atoms with E-state index in [1.54, 1.807) is 7.05 Å². The summed E-state index contributed by atoms with van der Waals surface area (Å²) < 4.78 is 7.43. The number of pyridine rings is 1. The van der Waals surface area contributed by atoms with Gasteiger partial charge in [-0.2, -0.15) is 5.10 Å². The summed E-state index contributed by atoms with van der Waals surface area (Å²) in [5, 5.41) is 7.65. The lowest BCUT2D eigenvalue weighted by Crippen LogP contribution is -2.41. The molecule has 1 N–H and O–H groups in total. The standard InChI is InChI=1S/C19H29N7O.HI/c1-15-12-26(7-8-27-15)18-9-16(5-6-21-18)10-22-19(20-2)24(3)13-17-11-23-25(4)14-17;/h5-6,9,11,14-15H,7-8,10,12-13H2,1-4H3,(H,20,22);1H. The number of morpholine rings is 1. The molecule has 1 fully saturated rings. The van der Waals surface area contributed by atoms with E-state index >= 15 is 0 Å². The normalized spacial score (nSPS) is 17.2. The predicted octanol–water partition coefficient (Wildman–Crippen LogP) is 1.87. The first kappa shape index (κ1) is 22.4.